The molecule has 1 aromatic rings. The zero-order chi connectivity index (χ0) is 12.8. The van der Waals surface area contributed by atoms with E-state index in [1.165, 1.54) is 0 Å². The highest BCUT2D eigenvalue weighted by Crippen LogP contribution is 2.22. The number of rotatable bonds is 6. The van der Waals surface area contributed by atoms with Gasteiger partial charge in [0.2, 0.25) is 0 Å². The maximum atomic E-state index is 11.1. The van der Waals surface area contributed by atoms with Crippen LogP contribution in [0, 0.1) is 0 Å². The molecule has 0 unspecified atom stereocenters. The van der Waals surface area contributed by atoms with E-state index in [1.54, 1.807) is 19.2 Å². The Bertz CT molecular complexity index is 395. The molecule has 0 atom stereocenters. The first-order valence-corrected chi connectivity index (χ1v) is 5.94. The molecule has 0 fully saturated rings. The number of carbonyl (C=O) groups is 1. The van der Waals surface area contributed by atoms with Crippen LogP contribution in [0.25, 0.3) is 0 Å². The first-order valence-electron chi connectivity index (χ1n) is 5.56. The monoisotopic (exact) mass is 291 g/mol. The average molecular weight is 292 g/mol. The number of nitrogens with zero attached hydrogens (tertiary/aromatic N) is 1. The fraction of sp³-hybridized carbons (Fsp3) is 0.462. The van der Waals surface area contributed by atoms with Gasteiger partial charge in [-0.05, 0) is 68.8 Å². The molecule has 18 heavy (non-hydrogen) atoms. The van der Waals surface area contributed by atoms with Crippen molar-refractivity contribution in [2.24, 2.45) is 0 Å². The Hall–Kier alpha value is -0.770. The highest BCUT2D eigenvalue weighted by atomic mass is 35.5. The summed E-state index contributed by atoms with van der Waals surface area (Å²) in [5.41, 5.74) is 1.55. The second-order valence-corrected chi connectivity index (χ2v) is 4.55. The fourth-order valence-corrected chi connectivity index (χ4v) is 1.80. The third-order valence-electron chi connectivity index (χ3n) is 2.56. The van der Waals surface area contributed by atoms with Crippen molar-refractivity contribution in [1.82, 2.24) is 4.90 Å². The number of ether oxygens (including phenoxy) is 1. The van der Waals surface area contributed by atoms with Gasteiger partial charge < -0.3 is 9.64 Å². The summed E-state index contributed by atoms with van der Waals surface area (Å²) in [6.07, 6.45) is 1.89. The molecule has 0 heterocycles. The van der Waals surface area contributed by atoms with Crippen LogP contribution in [0.5, 0.6) is 5.75 Å². The standard InChI is InChI=1S/C13H18ClNO2.ClH/c1-15(2)8-4-5-10-9-11(13(14)16)6-7-12(10)17-3;/h6-7,9H,4-5,8H2,1-3H3;1H. The largest absolute Gasteiger partial charge is 0.496 e. The lowest BCUT2D eigenvalue weighted by atomic mass is 10.1. The first kappa shape index (κ1) is 17.2. The van der Waals surface area contributed by atoms with Gasteiger partial charge in [-0.2, -0.15) is 0 Å². The molecule has 3 nitrogen and oxygen atoms in total. The topological polar surface area (TPSA) is 29.5 Å². The molecule has 5 heteroatoms. The van der Waals surface area contributed by atoms with Crippen LogP contribution in [0.15, 0.2) is 18.2 Å². The van der Waals surface area contributed by atoms with Crippen LogP contribution in [0.3, 0.4) is 0 Å². The van der Waals surface area contributed by atoms with Gasteiger partial charge in [0.1, 0.15) is 5.75 Å². The van der Waals surface area contributed by atoms with Gasteiger partial charge in [-0.25, -0.2) is 0 Å². The van der Waals surface area contributed by atoms with Crippen molar-refractivity contribution in [1.29, 1.82) is 0 Å². The van der Waals surface area contributed by atoms with E-state index in [4.69, 9.17) is 16.3 Å². The van der Waals surface area contributed by atoms with Crippen LogP contribution in [-0.4, -0.2) is 37.9 Å². The second kappa shape index (κ2) is 8.35. The third kappa shape index (κ3) is 5.25. The average Bonchev–Trinajstić information content (AvgIpc) is 2.28. The van der Waals surface area contributed by atoms with Crippen molar-refractivity contribution < 1.29 is 9.53 Å². The number of hydrogen-bond acceptors (Lipinski definition) is 3. The first-order chi connectivity index (χ1) is 8.04. The van der Waals surface area contributed by atoms with E-state index in [0.717, 1.165) is 30.7 Å². The minimum atomic E-state index is -0.429. The van der Waals surface area contributed by atoms with Crippen LogP contribution >= 0.6 is 24.0 Å². The Morgan fingerprint density at radius 3 is 2.56 bits per heavy atom. The minimum absolute atomic E-state index is 0. The molecule has 0 N–H and O–H groups in total. The number of methoxy groups -OCH3 is 1. The van der Waals surface area contributed by atoms with Crippen LogP contribution in [0.2, 0.25) is 0 Å². The van der Waals surface area contributed by atoms with E-state index in [1.807, 2.05) is 20.2 Å². The van der Waals surface area contributed by atoms with Gasteiger partial charge in [0.15, 0.2) is 0 Å². The number of hydrogen-bond donors (Lipinski definition) is 0. The lowest BCUT2D eigenvalue weighted by molar-refractivity contribution is 0.108. The van der Waals surface area contributed by atoms with E-state index in [9.17, 15) is 4.79 Å². The molecule has 0 bridgehead atoms. The van der Waals surface area contributed by atoms with Gasteiger partial charge in [-0.3, -0.25) is 4.79 Å². The predicted molar refractivity (Wildman–Crippen MR) is 77.3 cm³/mol. The van der Waals surface area contributed by atoms with Crippen molar-refractivity contribution >= 4 is 29.3 Å². The van der Waals surface area contributed by atoms with Gasteiger partial charge in [0.25, 0.3) is 5.24 Å². The molecule has 0 spiro atoms. The maximum Gasteiger partial charge on any atom is 0.252 e. The van der Waals surface area contributed by atoms with E-state index in [-0.39, 0.29) is 12.4 Å². The molecular weight excluding hydrogens is 273 g/mol. The summed E-state index contributed by atoms with van der Waals surface area (Å²) in [5, 5.41) is -0.429. The zero-order valence-corrected chi connectivity index (χ0v) is 12.5. The molecule has 0 radical (unpaired) electrons. The Labute approximate surface area is 119 Å². The molecule has 0 aliphatic heterocycles. The van der Waals surface area contributed by atoms with E-state index < -0.39 is 5.24 Å². The fourth-order valence-electron chi connectivity index (χ4n) is 1.68. The van der Waals surface area contributed by atoms with E-state index in [0.29, 0.717) is 5.56 Å². The number of carbonyl (C=O) groups excluding carboxylic acids is 1. The summed E-state index contributed by atoms with van der Waals surface area (Å²) in [6.45, 7) is 1.00. The van der Waals surface area contributed by atoms with Gasteiger partial charge in [-0.1, -0.05) is 0 Å². The van der Waals surface area contributed by atoms with E-state index >= 15 is 0 Å². The molecular formula is C13H19Cl2NO2. The normalized spacial score (nSPS) is 10.1. The van der Waals surface area contributed by atoms with E-state index in [2.05, 4.69) is 4.90 Å². The van der Waals surface area contributed by atoms with Crippen LogP contribution in [0.1, 0.15) is 22.3 Å². The summed E-state index contributed by atoms with van der Waals surface area (Å²) < 4.78 is 5.27. The van der Waals surface area contributed by atoms with Crippen molar-refractivity contribution in [3.8, 4) is 5.75 Å². The molecule has 1 aromatic carbocycles. The van der Waals surface area contributed by atoms with Gasteiger partial charge >= 0.3 is 0 Å². The second-order valence-electron chi connectivity index (χ2n) is 4.21. The molecule has 0 amide bonds. The Morgan fingerprint density at radius 2 is 2.06 bits per heavy atom. The SMILES string of the molecule is COc1ccc(C(=O)Cl)cc1CCCN(C)C.Cl. The van der Waals surface area contributed by atoms with Crippen molar-refractivity contribution in [3.63, 3.8) is 0 Å². The zero-order valence-electron chi connectivity index (χ0n) is 10.9. The van der Waals surface area contributed by atoms with Crippen LogP contribution in [0.4, 0.5) is 0 Å². The van der Waals surface area contributed by atoms with Crippen molar-refractivity contribution in [2.75, 3.05) is 27.7 Å². The molecule has 0 aromatic heterocycles. The highest BCUT2D eigenvalue weighted by molar-refractivity contribution is 6.67. The molecule has 1 rings (SSSR count). The van der Waals surface area contributed by atoms with Crippen LogP contribution in [-0.2, 0) is 6.42 Å². The van der Waals surface area contributed by atoms with Crippen molar-refractivity contribution in [3.05, 3.63) is 29.3 Å². The molecule has 0 aliphatic rings. The molecule has 0 saturated heterocycles. The lowest BCUT2D eigenvalue weighted by Crippen LogP contribution is -2.13. The molecule has 0 saturated carbocycles. The Morgan fingerprint density at radius 1 is 1.39 bits per heavy atom. The summed E-state index contributed by atoms with van der Waals surface area (Å²) in [6, 6.07) is 5.29. The Balaban J connectivity index is 0.00000289. The number of benzene rings is 1. The summed E-state index contributed by atoms with van der Waals surface area (Å²) in [4.78, 5) is 13.2. The third-order valence-corrected chi connectivity index (χ3v) is 2.78. The summed E-state index contributed by atoms with van der Waals surface area (Å²) in [5.74, 6) is 0.811. The number of aryl methyl sites for hydroxylation is 1. The van der Waals surface area contributed by atoms with Gasteiger partial charge in [0.05, 0.1) is 7.11 Å². The summed E-state index contributed by atoms with van der Waals surface area (Å²) in [7, 11) is 5.71. The van der Waals surface area contributed by atoms with Gasteiger partial charge in [-0.15, -0.1) is 12.4 Å². The number of halogens is 2. The lowest BCUT2D eigenvalue weighted by Gasteiger charge is -2.12. The molecule has 102 valence electrons. The predicted octanol–water partition coefficient (Wildman–Crippen LogP) is 2.99. The van der Waals surface area contributed by atoms with Crippen LogP contribution < -0.4 is 4.74 Å². The molecule has 0 aliphatic carbocycles. The summed E-state index contributed by atoms with van der Waals surface area (Å²) >= 11 is 5.47. The maximum absolute atomic E-state index is 11.1. The Kier molecular flexibility index (Phi) is 8.00. The van der Waals surface area contributed by atoms with Gasteiger partial charge in [0, 0.05) is 5.56 Å². The van der Waals surface area contributed by atoms with Crippen molar-refractivity contribution in [2.45, 2.75) is 12.8 Å². The minimum Gasteiger partial charge on any atom is -0.496 e. The highest BCUT2D eigenvalue weighted by Gasteiger charge is 2.08. The smallest absolute Gasteiger partial charge is 0.252 e. The quantitative estimate of drug-likeness (QED) is 0.755.